The molecule has 0 fully saturated rings. The Morgan fingerprint density at radius 2 is 1.26 bits per heavy atom. The average molecular weight is 306 g/mol. The van der Waals surface area contributed by atoms with Crippen LogP contribution in [0.25, 0.3) is 0 Å². The highest BCUT2D eigenvalue weighted by molar-refractivity contribution is 6.39. The van der Waals surface area contributed by atoms with Gasteiger partial charge in [-0.25, -0.2) is 13.2 Å². The van der Waals surface area contributed by atoms with E-state index in [0.717, 1.165) is 18.2 Å². The molecule has 0 saturated carbocycles. The molecule has 0 atom stereocenters. The lowest BCUT2D eigenvalue weighted by molar-refractivity contribution is 0.580. The van der Waals surface area contributed by atoms with E-state index in [-0.39, 0.29) is 16.6 Å². The molecule has 0 saturated heterocycles. The van der Waals surface area contributed by atoms with Crippen molar-refractivity contribution in [3.63, 3.8) is 0 Å². The SMILES string of the molecule is Fc1cc(F)cc(CNc2c(Cl)cc(F)cc2Cl)c1. The van der Waals surface area contributed by atoms with E-state index in [2.05, 4.69) is 5.32 Å². The average Bonchev–Trinajstić information content (AvgIpc) is 2.25. The Labute approximate surface area is 118 Å². The van der Waals surface area contributed by atoms with Crippen molar-refractivity contribution in [2.24, 2.45) is 0 Å². The van der Waals surface area contributed by atoms with Crippen molar-refractivity contribution in [2.45, 2.75) is 6.54 Å². The van der Waals surface area contributed by atoms with Crippen molar-refractivity contribution in [2.75, 3.05) is 5.32 Å². The second-order valence-corrected chi connectivity index (χ2v) is 4.69. The van der Waals surface area contributed by atoms with Gasteiger partial charge in [0.05, 0.1) is 15.7 Å². The summed E-state index contributed by atoms with van der Waals surface area (Å²) in [5, 5.41) is 3.01. The van der Waals surface area contributed by atoms with Crippen LogP contribution in [-0.2, 0) is 6.54 Å². The van der Waals surface area contributed by atoms with Gasteiger partial charge in [-0.3, -0.25) is 0 Å². The summed E-state index contributed by atoms with van der Waals surface area (Å²) < 4.78 is 39.0. The van der Waals surface area contributed by atoms with Crippen LogP contribution in [0.1, 0.15) is 5.56 Å². The summed E-state index contributed by atoms with van der Waals surface area (Å²) in [6.45, 7) is 0.111. The molecule has 0 amide bonds. The van der Waals surface area contributed by atoms with E-state index >= 15 is 0 Å². The summed E-state index contributed by atoms with van der Waals surface area (Å²) in [4.78, 5) is 0. The van der Waals surface area contributed by atoms with Gasteiger partial charge in [-0.1, -0.05) is 23.2 Å². The van der Waals surface area contributed by atoms with Crippen molar-refractivity contribution in [3.05, 3.63) is 63.4 Å². The molecule has 6 heteroatoms. The molecule has 0 aromatic heterocycles. The summed E-state index contributed by atoms with van der Waals surface area (Å²) in [5.41, 5.74) is 0.698. The second-order valence-electron chi connectivity index (χ2n) is 3.88. The normalized spacial score (nSPS) is 10.6. The van der Waals surface area contributed by atoms with Crippen molar-refractivity contribution in [1.29, 1.82) is 0 Å². The molecule has 1 N–H and O–H groups in total. The number of hydrogen-bond acceptors (Lipinski definition) is 1. The molecule has 100 valence electrons. The lowest BCUT2D eigenvalue weighted by Gasteiger charge is -2.11. The largest absolute Gasteiger partial charge is 0.379 e. The molecular formula is C13H8Cl2F3N. The molecule has 2 rings (SSSR count). The third kappa shape index (κ3) is 3.55. The molecule has 1 nitrogen and oxygen atoms in total. The molecule has 2 aromatic carbocycles. The number of halogens is 5. The maximum atomic E-state index is 13.0. The van der Waals surface area contributed by atoms with Crippen LogP contribution < -0.4 is 5.32 Å². The first-order valence-corrected chi connectivity index (χ1v) is 6.04. The molecule has 0 aliphatic heterocycles. The number of anilines is 1. The fourth-order valence-electron chi connectivity index (χ4n) is 1.61. The number of hydrogen-bond donors (Lipinski definition) is 1. The van der Waals surface area contributed by atoms with Crippen molar-refractivity contribution in [3.8, 4) is 0 Å². The Balaban J connectivity index is 2.19. The van der Waals surface area contributed by atoms with Gasteiger partial charge in [0.25, 0.3) is 0 Å². The lowest BCUT2D eigenvalue weighted by atomic mass is 10.2. The highest BCUT2D eigenvalue weighted by Gasteiger charge is 2.09. The number of rotatable bonds is 3. The minimum atomic E-state index is -0.673. The van der Waals surface area contributed by atoms with E-state index in [1.165, 1.54) is 12.1 Å². The van der Waals surface area contributed by atoms with Gasteiger partial charge in [0, 0.05) is 12.6 Å². The van der Waals surface area contributed by atoms with Crippen LogP contribution in [0.5, 0.6) is 0 Å². The van der Waals surface area contributed by atoms with Crippen LogP contribution >= 0.6 is 23.2 Å². The van der Waals surface area contributed by atoms with Crippen LogP contribution in [0.4, 0.5) is 18.9 Å². The van der Waals surface area contributed by atoms with Gasteiger partial charge in [0.2, 0.25) is 0 Å². The number of benzene rings is 2. The Kier molecular flexibility index (Phi) is 4.22. The van der Waals surface area contributed by atoms with E-state index < -0.39 is 17.5 Å². The van der Waals surface area contributed by atoms with Crippen molar-refractivity contribution in [1.82, 2.24) is 0 Å². The Bertz CT molecular complexity index is 574. The topological polar surface area (TPSA) is 12.0 Å². The van der Waals surface area contributed by atoms with E-state index in [4.69, 9.17) is 23.2 Å². The van der Waals surface area contributed by atoms with Crippen LogP contribution in [0.2, 0.25) is 10.0 Å². The van der Waals surface area contributed by atoms with Crippen LogP contribution in [0, 0.1) is 17.5 Å². The van der Waals surface area contributed by atoms with E-state index in [9.17, 15) is 13.2 Å². The van der Waals surface area contributed by atoms with Gasteiger partial charge in [-0.05, 0) is 29.8 Å². The standard InChI is InChI=1S/C13H8Cl2F3N/c14-11-4-10(18)5-12(15)13(11)19-6-7-1-8(16)3-9(17)2-7/h1-5,19H,6H2. The van der Waals surface area contributed by atoms with Crippen LogP contribution in [0.15, 0.2) is 30.3 Å². The summed E-state index contributed by atoms with van der Waals surface area (Å²) in [5.74, 6) is -1.90. The first-order chi connectivity index (χ1) is 8.95. The summed E-state index contributed by atoms with van der Waals surface area (Å²) in [7, 11) is 0. The summed E-state index contributed by atoms with van der Waals surface area (Å²) >= 11 is 11.7. The molecule has 0 bridgehead atoms. The molecular weight excluding hydrogens is 298 g/mol. The molecule has 0 spiro atoms. The maximum absolute atomic E-state index is 13.0. The third-order valence-corrected chi connectivity index (χ3v) is 2.99. The zero-order valence-corrected chi connectivity index (χ0v) is 11.0. The smallest absolute Gasteiger partial charge is 0.126 e. The lowest BCUT2D eigenvalue weighted by Crippen LogP contribution is -2.02. The van der Waals surface area contributed by atoms with Gasteiger partial charge in [0.1, 0.15) is 17.5 Å². The van der Waals surface area contributed by atoms with Gasteiger partial charge >= 0.3 is 0 Å². The predicted octanol–water partition coefficient (Wildman–Crippen LogP) is 5.02. The predicted molar refractivity (Wildman–Crippen MR) is 70.1 cm³/mol. The maximum Gasteiger partial charge on any atom is 0.126 e. The van der Waals surface area contributed by atoms with E-state index in [0.29, 0.717) is 11.3 Å². The van der Waals surface area contributed by atoms with Gasteiger partial charge < -0.3 is 5.32 Å². The zero-order chi connectivity index (χ0) is 14.0. The Hall–Kier alpha value is -1.39. The van der Waals surface area contributed by atoms with E-state index in [1.54, 1.807) is 0 Å². The molecule has 0 unspecified atom stereocenters. The first kappa shape index (κ1) is 14.0. The van der Waals surface area contributed by atoms with E-state index in [1.807, 2.05) is 0 Å². The highest BCUT2D eigenvalue weighted by Crippen LogP contribution is 2.31. The van der Waals surface area contributed by atoms with Crippen molar-refractivity contribution >= 4 is 28.9 Å². The molecule has 0 aliphatic carbocycles. The zero-order valence-electron chi connectivity index (χ0n) is 9.48. The minimum absolute atomic E-state index is 0.0990. The van der Waals surface area contributed by atoms with Crippen LogP contribution in [-0.4, -0.2) is 0 Å². The highest BCUT2D eigenvalue weighted by atomic mass is 35.5. The van der Waals surface area contributed by atoms with Gasteiger partial charge in [0.15, 0.2) is 0 Å². The van der Waals surface area contributed by atoms with Gasteiger partial charge in [-0.15, -0.1) is 0 Å². The monoisotopic (exact) mass is 305 g/mol. The molecule has 0 radical (unpaired) electrons. The third-order valence-electron chi connectivity index (χ3n) is 2.40. The van der Waals surface area contributed by atoms with Crippen LogP contribution in [0.3, 0.4) is 0 Å². The molecule has 0 heterocycles. The molecule has 2 aromatic rings. The second kappa shape index (κ2) is 5.72. The molecule has 19 heavy (non-hydrogen) atoms. The summed E-state index contributed by atoms with van der Waals surface area (Å²) in [6.07, 6.45) is 0. The fourth-order valence-corrected chi connectivity index (χ4v) is 2.21. The minimum Gasteiger partial charge on any atom is -0.379 e. The fraction of sp³-hybridized carbons (Fsp3) is 0.0769. The van der Waals surface area contributed by atoms with Crippen molar-refractivity contribution < 1.29 is 13.2 Å². The quantitative estimate of drug-likeness (QED) is 0.839. The number of nitrogens with one attached hydrogen (secondary N) is 1. The first-order valence-electron chi connectivity index (χ1n) is 5.29. The Morgan fingerprint density at radius 1 is 0.789 bits per heavy atom. The van der Waals surface area contributed by atoms with Gasteiger partial charge in [-0.2, -0.15) is 0 Å². The Morgan fingerprint density at radius 3 is 1.79 bits per heavy atom. The molecule has 0 aliphatic rings. The summed E-state index contributed by atoms with van der Waals surface area (Å²) in [6, 6.07) is 5.34.